The Bertz CT molecular complexity index is 1070. The number of ether oxygens (including phenoxy) is 3. The summed E-state index contributed by atoms with van der Waals surface area (Å²) in [6.07, 6.45) is 0. The molecule has 3 rings (SSSR count). The van der Waals surface area contributed by atoms with E-state index >= 15 is 0 Å². The number of benzene rings is 2. The normalized spacial score (nSPS) is 13.7. The molecule has 0 aromatic heterocycles. The quantitative estimate of drug-likeness (QED) is 0.571. The number of carbonyl (C=O) groups excluding carboxylic acids is 2. The van der Waals surface area contributed by atoms with Crippen LogP contribution in [-0.2, 0) is 24.3 Å². The average Bonchev–Trinajstić information content (AvgIpc) is 3.18. The lowest BCUT2D eigenvalue weighted by Gasteiger charge is -2.20. The van der Waals surface area contributed by atoms with E-state index in [1.54, 1.807) is 32.0 Å². The van der Waals surface area contributed by atoms with E-state index in [4.69, 9.17) is 25.8 Å². The standard InChI is InChI=1S/C20H21ClN2O7S/c1-12(2)19(23-31(26,27)15-6-3-13(21)4-7-15)20(25)28-10-18(24)22-14-5-8-16-17(9-14)30-11-29-16/h3-9,12,19,23H,10-11H2,1-2H3,(H,22,24). The number of fused-ring (bicyclic) bond motifs is 1. The number of amides is 1. The molecule has 0 radical (unpaired) electrons. The van der Waals surface area contributed by atoms with Gasteiger partial charge in [-0.1, -0.05) is 25.4 Å². The number of esters is 1. The number of nitrogens with one attached hydrogen (secondary N) is 2. The molecule has 1 heterocycles. The van der Waals surface area contributed by atoms with Crippen molar-refractivity contribution in [1.82, 2.24) is 4.72 Å². The third kappa shape index (κ3) is 5.87. The number of hydrogen-bond acceptors (Lipinski definition) is 7. The highest BCUT2D eigenvalue weighted by Gasteiger charge is 2.30. The average molecular weight is 469 g/mol. The second kappa shape index (κ2) is 9.54. The summed E-state index contributed by atoms with van der Waals surface area (Å²) < 4.78 is 42.9. The molecule has 1 unspecified atom stereocenters. The van der Waals surface area contributed by atoms with Crippen LogP contribution in [0.25, 0.3) is 0 Å². The number of hydrogen-bond donors (Lipinski definition) is 2. The van der Waals surface area contributed by atoms with Gasteiger partial charge in [0.05, 0.1) is 4.90 Å². The highest BCUT2D eigenvalue weighted by Crippen LogP contribution is 2.34. The molecule has 166 valence electrons. The number of rotatable bonds is 8. The van der Waals surface area contributed by atoms with Crippen LogP contribution in [0.4, 0.5) is 5.69 Å². The molecule has 2 aromatic carbocycles. The van der Waals surface area contributed by atoms with Gasteiger partial charge in [0.15, 0.2) is 18.1 Å². The molecular weight excluding hydrogens is 448 g/mol. The minimum atomic E-state index is -4.00. The van der Waals surface area contributed by atoms with Crippen LogP contribution < -0.4 is 19.5 Å². The Morgan fingerprint density at radius 1 is 1.10 bits per heavy atom. The van der Waals surface area contributed by atoms with Gasteiger partial charge in [0.2, 0.25) is 16.8 Å². The number of halogens is 1. The fourth-order valence-electron chi connectivity index (χ4n) is 2.70. The molecule has 0 saturated carbocycles. The first-order valence-corrected chi connectivity index (χ1v) is 11.2. The molecule has 2 N–H and O–H groups in total. The molecule has 0 aliphatic carbocycles. The Morgan fingerprint density at radius 3 is 2.45 bits per heavy atom. The molecule has 0 fully saturated rings. The van der Waals surface area contributed by atoms with Gasteiger partial charge in [0.25, 0.3) is 5.91 Å². The summed E-state index contributed by atoms with van der Waals surface area (Å²) in [6, 6.07) is 9.17. The summed E-state index contributed by atoms with van der Waals surface area (Å²) in [6.45, 7) is 2.83. The van der Waals surface area contributed by atoms with Crippen molar-refractivity contribution in [2.75, 3.05) is 18.7 Å². The zero-order valence-corrected chi connectivity index (χ0v) is 18.3. The highest BCUT2D eigenvalue weighted by atomic mass is 35.5. The van der Waals surface area contributed by atoms with Crippen LogP contribution in [0.1, 0.15) is 13.8 Å². The van der Waals surface area contributed by atoms with E-state index in [0.717, 1.165) is 0 Å². The first kappa shape index (κ1) is 22.9. The van der Waals surface area contributed by atoms with Crippen molar-refractivity contribution >= 4 is 39.2 Å². The fourth-order valence-corrected chi connectivity index (χ4v) is 4.16. The number of carbonyl (C=O) groups is 2. The number of anilines is 1. The van der Waals surface area contributed by atoms with E-state index in [9.17, 15) is 18.0 Å². The fraction of sp³-hybridized carbons (Fsp3) is 0.300. The second-order valence-corrected chi connectivity index (χ2v) is 9.17. The molecule has 0 spiro atoms. The molecular formula is C20H21ClN2O7S. The SMILES string of the molecule is CC(C)C(NS(=O)(=O)c1ccc(Cl)cc1)C(=O)OCC(=O)Nc1ccc2c(c1)OCO2. The Balaban J connectivity index is 1.58. The molecule has 0 saturated heterocycles. The van der Waals surface area contributed by atoms with Gasteiger partial charge in [0.1, 0.15) is 6.04 Å². The molecule has 0 bridgehead atoms. The summed E-state index contributed by atoms with van der Waals surface area (Å²) in [7, 11) is -4.00. The van der Waals surface area contributed by atoms with Crippen molar-refractivity contribution in [2.45, 2.75) is 24.8 Å². The van der Waals surface area contributed by atoms with Gasteiger partial charge in [-0.2, -0.15) is 4.72 Å². The van der Waals surface area contributed by atoms with Crippen LogP contribution in [0.2, 0.25) is 5.02 Å². The first-order chi connectivity index (χ1) is 14.7. The maximum absolute atomic E-state index is 12.6. The van der Waals surface area contributed by atoms with Gasteiger partial charge in [-0.05, 0) is 42.3 Å². The first-order valence-electron chi connectivity index (χ1n) is 9.30. The van der Waals surface area contributed by atoms with E-state index < -0.39 is 40.5 Å². The Labute approximate surface area is 184 Å². The van der Waals surface area contributed by atoms with Gasteiger partial charge in [-0.3, -0.25) is 9.59 Å². The van der Waals surface area contributed by atoms with Crippen LogP contribution >= 0.6 is 11.6 Å². The largest absolute Gasteiger partial charge is 0.454 e. The van der Waals surface area contributed by atoms with Crippen molar-refractivity contribution in [3.8, 4) is 11.5 Å². The summed E-state index contributed by atoms with van der Waals surface area (Å²) in [4.78, 5) is 24.6. The summed E-state index contributed by atoms with van der Waals surface area (Å²) in [5.74, 6) is -0.821. The van der Waals surface area contributed by atoms with Gasteiger partial charge in [0, 0.05) is 16.8 Å². The molecule has 9 nitrogen and oxygen atoms in total. The molecule has 11 heteroatoms. The summed E-state index contributed by atoms with van der Waals surface area (Å²) in [5, 5.41) is 2.95. The molecule has 1 atom stereocenters. The van der Waals surface area contributed by atoms with Crippen molar-refractivity contribution in [3.63, 3.8) is 0 Å². The predicted molar refractivity (Wildman–Crippen MR) is 113 cm³/mol. The topological polar surface area (TPSA) is 120 Å². The van der Waals surface area contributed by atoms with Crippen LogP contribution in [0, 0.1) is 5.92 Å². The van der Waals surface area contributed by atoms with Crippen molar-refractivity contribution < 1.29 is 32.2 Å². The lowest BCUT2D eigenvalue weighted by atomic mass is 10.1. The number of sulfonamides is 1. The van der Waals surface area contributed by atoms with E-state index in [1.807, 2.05) is 0 Å². The van der Waals surface area contributed by atoms with Crippen molar-refractivity contribution in [1.29, 1.82) is 0 Å². The lowest BCUT2D eigenvalue weighted by molar-refractivity contribution is -0.150. The van der Waals surface area contributed by atoms with Gasteiger partial charge < -0.3 is 19.5 Å². The zero-order valence-electron chi connectivity index (χ0n) is 16.8. The third-order valence-corrected chi connectivity index (χ3v) is 6.04. The Hall–Kier alpha value is -2.82. The minimum absolute atomic E-state index is 0.0455. The Kier molecular flexibility index (Phi) is 7.04. The van der Waals surface area contributed by atoms with E-state index in [2.05, 4.69) is 10.0 Å². The van der Waals surface area contributed by atoms with E-state index in [0.29, 0.717) is 22.2 Å². The lowest BCUT2D eigenvalue weighted by Crippen LogP contribution is -2.45. The maximum atomic E-state index is 12.6. The van der Waals surface area contributed by atoms with Gasteiger partial charge in [-0.15, -0.1) is 0 Å². The smallest absolute Gasteiger partial charge is 0.324 e. The van der Waals surface area contributed by atoms with Crippen LogP contribution in [0.5, 0.6) is 11.5 Å². The van der Waals surface area contributed by atoms with Crippen molar-refractivity contribution in [3.05, 3.63) is 47.5 Å². The monoisotopic (exact) mass is 468 g/mol. The zero-order chi connectivity index (χ0) is 22.6. The minimum Gasteiger partial charge on any atom is -0.454 e. The van der Waals surface area contributed by atoms with Gasteiger partial charge in [-0.25, -0.2) is 8.42 Å². The Morgan fingerprint density at radius 2 is 1.77 bits per heavy atom. The third-order valence-electron chi connectivity index (χ3n) is 4.33. The van der Waals surface area contributed by atoms with E-state index in [1.165, 1.54) is 24.3 Å². The molecule has 1 aliphatic rings. The molecule has 1 aliphatic heterocycles. The predicted octanol–water partition coefficient (Wildman–Crippen LogP) is 2.55. The summed E-state index contributed by atoms with van der Waals surface area (Å²) >= 11 is 5.78. The van der Waals surface area contributed by atoms with Gasteiger partial charge >= 0.3 is 5.97 Å². The second-order valence-electron chi connectivity index (χ2n) is 7.02. The molecule has 31 heavy (non-hydrogen) atoms. The van der Waals surface area contributed by atoms with Crippen LogP contribution in [0.15, 0.2) is 47.4 Å². The van der Waals surface area contributed by atoms with Crippen LogP contribution in [0.3, 0.4) is 0 Å². The van der Waals surface area contributed by atoms with E-state index in [-0.39, 0.29) is 11.7 Å². The van der Waals surface area contributed by atoms with Crippen LogP contribution in [-0.4, -0.2) is 39.7 Å². The molecule has 1 amide bonds. The van der Waals surface area contributed by atoms with Crippen molar-refractivity contribution in [2.24, 2.45) is 5.92 Å². The summed E-state index contributed by atoms with van der Waals surface area (Å²) in [5.41, 5.74) is 0.439. The molecule has 2 aromatic rings. The highest BCUT2D eigenvalue weighted by molar-refractivity contribution is 7.89. The maximum Gasteiger partial charge on any atom is 0.324 e.